The van der Waals surface area contributed by atoms with E-state index < -0.39 is 28.0 Å². The van der Waals surface area contributed by atoms with Gasteiger partial charge >= 0.3 is 0 Å². The predicted molar refractivity (Wildman–Crippen MR) is 556 cm³/mol. The normalized spacial score (nSPS) is 16.2. The van der Waals surface area contributed by atoms with Crippen LogP contribution in [0.25, 0.3) is 41.6 Å². The average molecular weight is 1870 g/mol. The number of hydrogen-bond donors (Lipinski definition) is 0. The molecule has 134 heavy (non-hydrogen) atoms. The number of anilines is 8. The van der Waals surface area contributed by atoms with E-state index in [1.54, 1.807) is 100 Å². The number of rotatable bonds is 21. The fourth-order valence-corrected chi connectivity index (χ4v) is 19.4. The van der Waals surface area contributed by atoms with E-state index in [2.05, 4.69) is 62.4 Å². The van der Waals surface area contributed by atoms with Gasteiger partial charge in [-0.2, -0.15) is 0 Å². The Balaban J connectivity index is 0.000000161. The molecule has 10 aromatic carbocycles. The van der Waals surface area contributed by atoms with Crippen LogP contribution in [0.3, 0.4) is 0 Å². The highest BCUT2D eigenvalue weighted by Gasteiger charge is 2.54. The van der Waals surface area contributed by atoms with E-state index in [-0.39, 0.29) is 46.9 Å². The second-order valence-electron chi connectivity index (χ2n) is 37.3. The number of Topliss-reactive ketones (excluding diaryl/α,β-unsaturated/α-hetero) is 1. The Hall–Kier alpha value is -13.2. The number of aryl methyl sites for hydroxylation is 5. The summed E-state index contributed by atoms with van der Waals surface area (Å²) >= 11 is 23.1. The lowest BCUT2D eigenvalue weighted by Gasteiger charge is -2.35. The Morgan fingerprint density at radius 2 is 0.687 bits per heavy atom. The summed E-state index contributed by atoms with van der Waals surface area (Å²) in [6.45, 7) is 69.9. The van der Waals surface area contributed by atoms with Crippen molar-refractivity contribution in [3.63, 3.8) is 0 Å². The van der Waals surface area contributed by atoms with Gasteiger partial charge < -0.3 is 34.0 Å². The first-order valence-corrected chi connectivity index (χ1v) is 46.6. The minimum absolute atomic E-state index is 0.0568. The highest BCUT2D eigenvalue weighted by molar-refractivity contribution is 7.81. The first-order valence-electron chi connectivity index (χ1n) is 45.0. The maximum Gasteiger partial charge on any atom is 0.259 e. The summed E-state index contributed by atoms with van der Waals surface area (Å²) < 4.78 is 26.7. The van der Waals surface area contributed by atoms with Crippen LogP contribution in [0.15, 0.2) is 212 Å². The third-order valence-electron chi connectivity index (χ3n) is 25.0. The zero-order valence-electron chi connectivity index (χ0n) is 79.7. The lowest BCUT2D eigenvalue weighted by Crippen LogP contribution is -2.44. The van der Waals surface area contributed by atoms with Crippen LogP contribution < -0.4 is 48.7 Å². The van der Waals surface area contributed by atoms with Crippen molar-refractivity contribution in [3.8, 4) is 33.8 Å². The van der Waals surface area contributed by atoms with Gasteiger partial charge in [-0.3, -0.25) is 43.6 Å². The maximum atomic E-state index is 15.3. The van der Waals surface area contributed by atoms with Gasteiger partial charge in [0.15, 0.2) is 43.2 Å². The van der Waals surface area contributed by atoms with Crippen LogP contribution in [0.2, 0.25) is 0 Å². The summed E-state index contributed by atoms with van der Waals surface area (Å²) in [5.74, 6) is 1.63. The van der Waals surface area contributed by atoms with E-state index >= 15 is 4.39 Å². The number of benzene rings is 10. The number of thiocarbonyl (C=S) groups is 4. The number of carbonyl (C=O) groups is 5. The molecule has 15 rings (SSSR count). The van der Waals surface area contributed by atoms with Crippen LogP contribution in [0.4, 0.5) is 72.6 Å². The van der Waals surface area contributed by atoms with E-state index in [4.69, 9.17) is 84.6 Å². The molecule has 5 saturated heterocycles. The predicted octanol–water partition coefficient (Wildman–Crippen LogP) is 26.0. The maximum absolute atomic E-state index is 15.3. The van der Waals surface area contributed by atoms with Crippen molar-refractivity contribution in [2.24, 2.45) is 5.92 Å². The monoisotopic (exact) mass is 1860 g/mol. The molecule has 0 unspecified atom stereocenters. The molecule has 688 valence electrons. The summed E-state index contributed by atoms with van der Waals surface area (Å²) in [5, 5.41) is 1.58. The molecule has 25 heteroatoms. The van der Waals surface area contributed by atoms with Crippen LogP contribution in [-0.4, -0.2) is 108 Å². The van der Waals surface area contributed by atoms with Gasteiger partial charge in [0.05, 0.1) is 38.5 Å². The Kier molecular flexibility index (Phi) is 30.6. The Bertz CT molecular complexity index is 6390. The number of ketones is 1. The summed E-state index contributed by atoms with van der Waals surface area (Å²) in [6, 6.07) is 66.7. The second-order valence-corrected chi connectivity index (χ2v) is 38.8. The van der Waals surface area contributed by atoms with E-state index in [1.165, 1.54) is 29.4 Å². The molecule has 0 N–H and O–H groups in total. The number of halogens is 1. The molecule has 0 spiro atoms. The molecule has 0 saturated carbocycles. The van der Waals surface area contributed by atoms with Gasteiger partial charge in [0, 0.05) is 69.4 Å². The number of piperidine rings is 1. The van der Waals surface area contributed by atoms with E-state index in [9.17, 15) is 24.0 Å². The van der Waals surface area contributed by atoms with Crippen molar-refractivity contribution in [2.45, 2.75) is 217 Å². The summed E-state index contributed by atoms with van der Waals surface area (Å²) in [4.78, 5) is 95.5. The number of amides is 4. The SMILES string of the molecule is [C-]#[N+]c1ccc(N2C(=O)C(C)(C)N(c3ccc(-c4ccc(OC(C)C)cc4)c(F)c3)C2=S)cc1C.[C-]#[N+]c1ccc(N2C(=O)C(C)(C)N(c3ccc(-c4ccc(OC(C)C)cc4)cc3)C2=S)cc1C.[C-]#[N+]c1ccc(N2C(=O)C(C)(C)N(c3ccc(C4CCN(C(C)C)CC4)cc3)C2=S)cc1C.[C-]#[N+]c1ccc(N2C(=O)C(C)(C)N(c3ccc(CCCC(=O)C(C)C)cc3)C2=S)cc1C. The molecule has 20 nitrogen and oxygen atoms in total. The Labute approximate surface area is 810 Å². The summed E-state index contributed by atoms with van der Waals surface area (Å²) in [5.41, 5.74) is 13.5. The number of ether oxygens (including phenoxy) is 2. The quantitative estimate of drug-likeness (QED) is 0.0495. The van der Waals surface area contributed by atoms with Crippen LogP contribution in [0.5, 0.6) is 11.5 Å². The van der Waals surface area contributed by atoms with Gasteiger partial charge in [-0.25, -0.2) is 23.8 Å². The zero-order chi connectivity index (χ0) is 97.7. The van der Waals surface area contributed by atoms with Crippen molar-refractivity contribution >= 4 is 167 Å². The van der Waals surface area contributed by atoms with Gasteiger partial charge in [0.2, 0.25) is 0 Å². The van der Waals surface area contributed by atoms with Gasteiger partial charge in [0.25, 0.3) is 23.6 Å². The topological polar surface area (TPSA) is 150 Å². The first-order chi connectivity index (χ1) is 63.4. The average Bonchev–Trinajstić information content (AvgIpc) is 1.59. The molecular weight excluding hydrogens is 1750 g/mol. The van der Waals surface area contributed by atoms with Crippen LogP contribution in [0.1, 0.15) is 176 Å². The summed E-state index contributed by atoms with van der Waals surface area (Å²) in [6.07, 6.45) is 4.81. The van der Waals surface area contributed by atoms with Gasteiger partial charge in [-0.15, -0.1) is 0 Å². The molecule has 4 amide bonds. The minimum Gasteiger partial charge on any atom is -0.491 e. The largest absolute Gasteiger partial charge is 0.491 e. The molecule has 0 radical (unpaired) electrons. The van der Waals surface area contributed by atoms with E-state index in [0.29, 0.717) is 96.3 Å². The van der Waals surface area contributed by atoms with Gasteiger partial charge in [-0.05, 0) is 396 Å². The molecule has 5 aliphatic heterocycles. The van der Waals surface area contributed by atoms with Crippen molar-refractivity contribution < 1.29 is 37.8 Å². The molecule has 0 bridgehead atoms. The Morgan fingerprint density at radius 3 is 0.985 bits per heavy atom. The van der Waals surface area contributed by atoms with E-state index in [0.717, 1.165) is 99.0 Å². The number of carbonyl (C=O) groups excluding carboxylic acids is 5. The molecule has 10 aromatic rings. The smallest absolute Gasteiger partial charge is 0.259 e. The zero-order valence-corrected chi connectivity index (χ0v) is 83.0. The van der Waals surface area contributed by atoms with Crippen LogP contribution in [-0.2, 0) is 30.4 Å². The van der Waals surface area contributed by atoms with Gasteiger partial charge in [0.1, 0.15) is 45.3 Å². The molecule has 0 atom stereocenters. The van der Waals surface area contributed by atoms with Crippen molar-refractivity contribution in [3.05, 3.63) is 297 Å². The second kappa shape index (κ2) is 41.1. The highest BCUT2D eigenvalue weighted by atomic mass is 32.1. The van der Waals surface area contributed by atoms with Crippen molar-refractivity contribution in [1.82, 2.24) is 4.90 Å². The third-order valence-corrected chi connectivity index (χ3v) is 26.4. The number of nitrogens with zero attached hydrogens (tertiary/aromatic N) is 13. The molecule has 5 heterocycles. The summed E-state index contributed by atoms with van der Waals surface area (Å²) in [7, 11) is 0. The fraction of sp³-hybridized carbons (Fsp3) is 0.330. The van der Waals surface area contributed by atoms with E-state index in [1.807, 2.05) is 241 Å². The van der Waals surface area contributed by atoms with Crippen molar-refractivity contribution in [2.75, 3.05) is 52.3 Å². The number of hydrogen-bond acceptors (Lipinski definition) is 12. The number of likely N-dealkylation sites (tertiary alicyclic amines) is 1. The highest BCUT2D eigenvalue weighted by Crippen LogP contribution is 2.45. The molecule has 0 aromatic heterocycles. The molecule has 0 aliphatic carbocycles. The molecule has 5 fully saturated rings. The fourth-order valence-electron chi connectivity index (χ4n) is 17.3. The third kappa shape index (κ3) is 20.7. The van der Waals surface area contributed by atoms with Crippen LogP contribution in [0, 0.1) is 65.7 Å². The lowest BCUT2D eigenvalue weighted by molar-refractivity contribution is -0.122. The standard InChI is InChI=1S/C28H26FN3O2S.C28H27N3O2S.C27H32N4OS.C26H29N3O2S/c1-17(2)34-22-11-7-19(8-12-22)23-13-9-21(16-24(23)29)32-27(35)31(26(33)28(32,4)5)20-10-14-25(30-6)18(3)15-20;1-18(2)33-24-14-9-21(10-15-24)20-7-11-22(12-8-20)31-27(34)30(26(32)28(31,4)5)23-13-16-25(29-6)19(3)17-23;1-18(2)29-15-13-21(14-16-29)20-7-9-22(10-8-20)31-26(33)30(25(32)27(31,4)5)23-11-12-24(28-6)19(3)17-23;1-17(2)23(30)9-7-8-19-10-12-20(13-11-19)29-25(32)28(24(31)26(29,4)5)21-14-15-22(27-6)18(3)16-21/h7-17H,1-5H3;7-18H,1-5H3;7-12,17-18,21H,13-16H2,1-5H3;10-17H,7-9H2,1-5H3. The Morgan fingerprint density at radius 1 is 0.396 bits per heavy atom. The molecular formula is C109H114FN13O7S4. The van der Waals surface area contributed by atoms with Crippen LogP contribution >= 0.6 is 48.9 Å². The van der Waals surface area contributed by atoms with Gasteiger partial charge in [-0.1, -0.05) is 98.8 Å². The first kappa shape index (κ1) is 99.8. The van der Waals surface area contributed by atoms with Crippen molar-refractivity contribution in [1.29, 1.82) is 0 Å². The minimum atomic E-state index is -1.02. The molecule has 5 aliphatic rings. The lowest BCUT2D eigenvalue weighted by atomic mass is 9.89.